The molecule has 214 valence electrons. The van der Waals surface area contributed by atoms with E-state index in [1.54, 1.807) is 48.3 Å². The first-order valence-corrected chi connectivity index (χ1v) is 14.2. The number of ketones is 1. The second-order valence-corrected chi connectivity index (χ2v) is 10.7. The van der Waals surface area contributed by atoms with E-state index in [0.29, 0.717) is 47.6 Å². The van der Waals surface area contributed by atoms with E-state index in [1.807, 2.05) is 22.9 Å². The van der Waals surface area contributed by atoms with Crippen molar-refractivity contribution < 1.29 is 23.6 Å². The molecule has 0 atom stereocenters. The SMILES string of the molecule is CN1CCC(=NOC(=O)c2ccccc2)c2ccn(CCCCN3CCC(C(=O)c4ccc(F)cc4)CC3)c2C1=O. The number of hydrogen-bond donors (Lipinski definition) is 0. The molecule has 0 unspecified atom stereocenters. The minimum Gasteiger partial charge on any atom is -0.343 e. The number of carbonyl (C=O) groups excluding carboxylic acids is 3. The Morgan fingerprint density at radius 1 is 0.927 bits per heavy atom. The first-order valence-electron chi connectivity index (χ1n) is 14.2. The Balaban J connectivity index is 1.14. The summed E-state index contributed by atoms with van der Waals surface area (Å²) in [7, 11) is 1.77. The Morgan fingerprint density at radius 2 is 1.63 bits per heavy atom. The Kier molecular flexibility index (Phi) is 9.04. The zero-order chi connectivity index (χ0) is 28.8. The molecule has 2 aromatic carbocycles. The summed E-state index contributed by atoms with van der Waals surface area (Å²) in [5, 5.41) is 4.17. The standard InChI is InChI=1S/C32H35FN4O4/c1-35-19-16-28(34-41-32(40)25-7-3-2-4-8-25)27-15-22-37(29(27)31(35)39)18-6-5-17-36-20-13-24(14-21-36)30(38)23-9-11-26(33)12-10-23/h2-4,7-12,15,22,24H,5-6,13-14,16-21H2,1H3. The zero-order valence-corrected chi connectivity index (χ0v) is 23.3. The maximum absolute atomic E-state index is 13.2. The molecule has 0 spiro atoms. The summed E-state index contributed by atoms with van der Waals surface area (Å²) in [6.45, 7) is 3.82. The summed E-state index contributed by atoms with van der Waals surface area (Å²) in [5.41, 5.74) is 2.85. The van der Waals surface area contributed by atoms with Gasteiger partial charge < -0.3 is 19.2 Å². The number of halogens is 1. The van der Waals surface area contributed by atoms with Gasteiger partial charge in [0.25, 0.3) is 5.91 Å². The molecule has 0 saturated carbocycles. The van der Waals surface area contributed by atoms with Crippen LogP contribution in [0.2, 0.25) is 0 Å². The summed E-state index contributed by atoms with van der Waals surface area (Å²) in [4.78, 5) is 47.7. The average Bonchev–Trinajstić information content (AvgIpc) is 3.38. The van der Waals surface area contributed by atoms with E-state index in [-0.39, 0.29) is 23.4 Å². The molecule has 0 aliphatic carbocycles. The molecule has 0 bridgehead atoms. The number of oxime groups is 1. The van der Waals surface area contributed by atoms with Crippen molar-refractivity contribution in [1.82, 2.24) is 14.4 Å². The maximum atomic E-state index is 13.2. The molecule has 2 aliphatic rings. The van der Waals surface area contributed by atoms with Crippen molar-refractivity contribution in [3.63, 3.8) is 0 Å². The van der Waals surface area contributed by atoms with Crippen LogP contribution in [0.1, 0.15) is 68.9 Å². The molecule has 41 heavy (non-hydrogen) atoms. The van der Waals surface area contributed by atoms with Crippen LogP contribution < -0.4 is 0 Å². The highest BCUT2D eigenvalue weighted by Gasteiger charge is 2.28. The molecule has 1 aromatic heterocycles. The largest absolute Gasteiger partial charge is 0.365 e. The van der Waals surface area contributed by atoms with Gasteiger partial charge in [-0.15, -0.1) is 0 Å². The summed E-state index contributed by atoms with van der Waals surface area (Å²) < 4.78 is 15.2. The van der Waals surface area contributed by atoms with E-state index in [2.05, 4.69) is 10.1 Å². The van der Waals surface area contributed by atoms with Crippen LogP contribution in [-0.4, -0.2) is 71.0 Å². The number of nitrogens with zero attached hydrogens (tertiary/aromatic N) is 4. The fourth-order valence-corrected chi connectivity index (χ4v) is 5.53. The molecule has 1 amide bonds. The van der Waals surface area contributed by atoms with Crippen LogP contribution in [0.25, 0.3) is 0 Å². The van der Waals surface area contributed by atoms with Gasteiger partial charge in [0.05, 0.1) is 11.3 Å². The van der Waals surface area contributed by atoms with Gasteiger partial charge in [-0.2, -0.15) is 0 Å². The first-order chi connectivity index (χ1) is 19.9. The van der Waals surface area contributed by atoms with Gasteiger partial charge in [-0.1, -0.05) is 23.4 Å². The highest BCUT2D eigenvalue weighted by Crippen LogP contribution is 2.24. The number of fused-ring (bicyclic) bond motifs is 1. The van der Waals surface area contributed by atoms with E-state index < -0.39 is 5.97 Å². The Bertz CT molecular complexity index is 1410. The van der Waals surface area contributed by atoms with Gasteiger partial charge in [0.2, 0.25) is 0 Å². The summed E-state index contributed by atoms with van der Waals surface area (Å²) in [5.74, 6) is -0.853. The van der Waals surface area contributed by atoms with Gasteiger partial charge in [-0.3, -0.25) is 9.59 Å². The third-order valence-corrected chi connectivity index (χ3v) is 7.97. The molecule has 5 rings (SSSR count). The van der Waals surface area contributed by atoms with Crippen molar-refractivity contribution in [3.05, 3.63) is 95.1 Å². The van der Waals surface area contributed by atoms with Crippen molar-refractivity contribution in [2.75, 3.05) is 33.2 Å². The van der Waals surface area contributed by atoms with Gasteiger partial charge in [-0.05, 0) is 87.8 Å². The van der Waals surface area contributed by atoms with Crippen molar-refractivity contribution >= 4 is 23.4 Å². The topological polar surface area (TPSA) is 84.2 Å². The summed E-state index contributed by atoms with van der Waals surface area (Å²) >= 11 is 0. The highest BCUT2D eigenvalue weighted by molar-refractivity contribution is 6.11. The number of aryl methyl sites for hydroxylation is 1. The van der Waals surface area contributed by atoms with Crippen LogP contribution in [0, 0.1) is 11.7 Å². The predicted octanol–water partition coefficient (Wildman–Crippen LogP) is 5.04. The zero-order valence-electron chi connectivity index (χ0n) is 23.3. The number of hydrogen-bond acceptors (Lipinski definition) is 6. The molecule has 0 N–H and O–H groups in total. The number of amides is 1. The van der Waals surface area contributed by atoms with E-state index in [1.165, 1.54) is 12.1 Å². The van der Waals surface area contributed by atoms with Crippen molar-refractivity contribution in [1.29, 1.82) is 0 Å². The van der Waals surface area contributed by atoms with Crippen LogP contribution in [-0.2, 0) is 11.4 Å². The number of rotatable bonds is 9. The second-order valence-electron chi connectivity index (χ2n) is 10.7. The molecule has 3 aromatic rings. The summed E-state index contributed by atoms with van der Waals surface area (Å²) in [6, 6.07) is 16.4. The number of unbranched alkanes of at least 4 members (excludes halogenated alkanes) is 1. The quantitative estimate of drug-likeness (QED) is 0.159. The van der Waals surface area contributed by atoms with Gasteiger partial charge in [0.15, 0.2) is 5.78 Å². The average molecular weight is 559 g/mol. The van der Waals surface area contributed by atoms with Crippen LogP contribution in [0.15, 0.2) is 72.0 Å². The Labute approximate surface area is 239 Å². The molecular weight excluding hydrogens is 523 g/mol. The van der Waals surface area contributed by atoms with Gasteiger partial charge in [0, 0.05) is 49.8 Å². The molecule has 9 heteroatoms. The highest BCUT2D eigenvalue weighted by atomic mass is 19.1. The number of aromatic nitrogens is 1. The van der Waals surface area contributed by atoms with E-state index in [9.17, 15) is 18.8 Å². The monoisotopic (exact) mass is 558 g/mol. The fourth-order valence-electron chi connectivity index (χ4n) is 5.53. The lowest BCUT2D eigenvalue weighted by Gasteiger charge is -2.31. The Morgan fingerprint density at radius 3 is 2.37 bits per heavy atom. The lowest BCUT2D eigenvalue weighted by molar-refractivity contribution is 0.0515. The molecule has 8 nitrogen and oxygen atoms in total. The van der Waals surface area contributed by atoms with Crippen molar-refractivity contribution in [3.8, 4) is 0 Å². The number of carbonyl (C=O) groups is 3. The van der Waals surface area contributed by atoms with Gasteiger partial charge in [-0.25, -0.2) is 9.18 Å². The molecule has 2 aliphatic heterocycles. The molecule has 1 fully saturated rings. The third-order valence-electron chi connectivity index (χ3n) is 7.97. The fraction of sp³-hybridized carbons (Fsp3) is 0.375. The summed E-state index contributed by atoms with van der Waals surface area (Å²) in [6.07, 6.45) is 5.85. The number of likely N-dealkylation sites (tertiary alicyclic amines) is 1. The van der Waals surface area contributed by atoms with E-state index in [0.717, 1.165) is 45.3 Å². The number of piperidine rings is 1. The number of benzene rings is 2. The maximum Gasteiger partial charge on any atom is 0.365 e. The van der Waals surface area contributed by atoms with Gasteiger partial charge >= 0.3 is 5.97 Å². The normalized spacial score (nSPS) is 17.4. The van der Waals surface area contributed by atoms with Crippen LogP contribution in [0.5, 0.6) is 0 Å². The minimum atomic E-state index is -0.535. The molecule has 1 saturated heterocycles. The Hall–Kier alpha value is -4.11. The van der Waals surface area contributed by atoms with E-state index in [4.69, 9.17) is 4.84 Å². The van der Waals surface area contributed by atoms with Crippen LogP contribution >= 0.6 is 0 Å². The third kappa shape index (κ3) is 6.79. The lowest BCUT2D eigenvalue weighted by Crippen LogP contribution is -2.37. The van der Waals surface area contributed by atoms with Crippen LogP contribution in [0.3, 0.4) is 0 Å². The lowest BCUT2D eigenvalue weighted by atomic mass is 9.89. The molecule has 3 heterocycles. The second kappa shape index (κ2) is 13.0. The van der Waals surface area contributed by atoms with Gasteiger partial charge in [0.1, 0.15) is 11.5 Å². The predicted molar refractivity (Wildman–Crippen MR) is 154 cm³/mol. The molecule has 0 radical (unpaired) electrons. The van der Waals surface area contributed by atoms with E-state index >= 15 is 0 Å². The number of Topliss-reactive ketones (excluding diaryl/α,β-unsaturated/α-hetero) is 1. The minimum absolute atomic E-state index is 0.0159. The first kappa shape index (κ1) is 28.4. The van der Waals surface area contributed by atoms with Crippen molar-refractivity contribution in [2.24, 2.45) is 11.1 Å². The van der Waals surface area contributed by atoms with Crippen LogP contribution in [0.4, 0.5) is 4.39 Å². The van der Waals surface area contributed by atoms with Crippen molar-refractivity contribution in [2.45, 2.75) is 38.6 Å². The molecular formula is C32H35FN4O4. The smallest absolute Gasteiger partial charge is 0.343 e.